The van der Waals surface area contributed by atoms with Gasteiger partial charge in [-0.25, -0.2) is 4.79 Å². The lowest BCUT2D eigenvalue weighted by atomic mass is 9.77. The molecule has 0 saturated heterocycles. The van der Waals surface area contributed by atoms with Gasteiger partial charge < -0.3 is 14.2 Å². The van der Waals surface area contributed by atoms with Gasteiger partial charge in [-0.3, -0.25) is 4.98 Å². The number of benzene rings is 1. The van der Waals surface area contributed by atoms with Gasteiger partial charge in [-0.15, -0.1) is 0 Å². The minimum atomic E-state index is -0.791. The number of fused-ring (bicyclic) bond motifs is 1. The van der Waals surface area contributed by atoms with Crippen LogP contribution in [0.3, 0.4) is 0 Å². The number of halogens is 1. The van der Waals surface area contributed by atoms with Crippen LogP contribution in [0.4, 0.5) is 0 Å². The Labute approximate surface area is 170 Å². The van der Waals surface area contributed by atoms with E-state index in [0.29, 0.717) is 33.6 Å². The predicted molar refractivity (Wildman–Crippen MR) is 106 cm³/mol. The van der Waals surface area contributed by atoms with Crippen LogP contribution in [-0.2, 0) is 4.74 Å². The summed E-state index contributed by atoms with van der Waals surface area (Å²) in [5.74, 6) is 0.539. The molecule has 148 valence electrons. The SMILES string of the molecule is COC(=O)c1cc(Cl)c2c(c1C)OC(C)(C1CCC(c3ccccn3)CC1)O2. The number of carbonyl (C=O) groups is 1. The van der Waals surface area contributed by atoms with E-state index in [2.05, 4.69) is 11.1 Å². The Hall–Kier alpha value is -2.27. The third-order valence-electron chi connectivity index (χ3n) is 6.03. The van der Waals surface area contributed by atoms with Crippen molar-refractivity contribution in [3.05, 3.63) is 52.3 Å². The van der Waals surface area contributed by atoms with Gasteiger partial charge >= 0.3 is 5.97 Å². The number of carbonyl (C=O) groups excluding carboxylic acids is 1. The van der Waals surface area contributed by atoms with Crippen molar-refractivity contribution in [3.8, 4) is 11.5 Å². The van der Waals surface area contributed by atoms with Gasteiger partial charge in [0.15, 0.2) is 11.5 Å². The topological polar surface area (TPSA) is 57.7 Å². The van der Waals surface area contributed by atoms with Gasteiger partial charge in [-0.05, 0) is 50.8 Å². The second-order valence-electron chi connectivity index (χ2n) is 7.70. The Morgan fingerprint density at radius 1 is 1.21 bits per heavy atom. The molecular formula is C22H24ClNO4. The Morgan fingerprint density at radius 2 is 1.93 bits per heavy atom. The average Bonchev–Trinajstić information content (AvgIpc) is 3.11. The predicted octanol–water partition coefficient (Wildman–Crippen LogP) is 5.29. The summed E-state index contributed by atoms with van der Waals surface area (Å²) in [7, 11) is 1.35. The molecule has 1 atom stereocenters. The molecule has 2 aromatic rings. The van der Waals surface area contributed by atoms with Crippen LogP contribution in [0.5, 0.6) is 11.5 Å². The fourth-order valence-electron chi connectivity index (χ4n) is 4.37. The molecule has 6 heteroatoms. The number of aromatic nitrogens is 1. The van der Waals surface area contributed by atoms with Gasteiger partial charge in [-0.1, -0.05) is 17.7 Å². The minimum Gasteiger partial charge on any atom is -0.465 e. The number of methoxy groups -OCH3 is 1. The van der Waals surface area contributed by atoms with E-state index in [1.165, 1.54) is 7.11 Å². The van der Waals surface area contributed by atoms with Gasteiger partial charge in [0.05, 0.1) is 17.7 Å². The number of pyridine rings is 1. The van der Waals surface area contributed by atoms with Crippen LogP contribution in [0.25, 0.3) is 0 Å². The molecule has 1 aliphatic heterocycles. The van der Waals surface area contributed by atoms with Gasteiger partial charge in [-0.2, -0.15) is 0 Å². The van der Waals surface area contributed by atoms with Crippen molar-refractivity contribution in [2.45, 2.75) is 51.2 Å². The largest absolute Gasteiger partial charge is 0.465 e. The summed E-state index contributed by atoms with van der Waals surface area (Å²) >= 11 is 6.40. The summed E-state index contributed by atoms with van der Waals surface area (Å²) in [4.78, 5) is 16.5. The van der Waals surface area contributed by atoms with Crippen LogP contribution in [-0.4, -0.2) is 23.9 Å². The molecule has 1 saturated carbocycles. The molecule has 1 fully saturated rings. The van der Waals surface area contributed by atoms with E-state index < -0.39 is 11.8 Å². The minimum absolute atomic E-state index is 0.233. The number of rotatable bonds is 3. The summed E-state index contributed by atoms with van der Waals surface area (Å²) in [6.45, 7) is 3.79. The first-order valence-corrected chi connectivity index (χ1v) is 10.0. The Bertz CT molecular complexity index is 893. The molecule has 1 unspecified atom stereocenters. The zero-order valence-electron chi connectivity index (χ0n) is 16.3. The molecule has 0 N–H and O–H groups in total. The van der Waals surface area contributed by atoms with E-state index in [9.17, 15) is 4.79 Å². The van der Waals surface area contributed by atoms with Crippen LogP contribution >= 0.6 is 11.6 Å². The number of esters is 1. The lowest BCUT2D eigenvalue weighted by Crippen LogP contribution is -2.44. The molecule has 1 aromatic carbocycles. The van der Waals surface area contributed by atoms with Crippen LogP contribution in [0.2, 0.25) is 5.02 Å². The van der Waals surface area contributed by atoms with E-state index in [1.807, 2.05) is 32.2 Å². The van der Waals surface area contributed by atoms with Crippen LogP contribution < -0.4 is 9.47 Å². The molecular weight excluding hydrogens is 378 g/mol. The maximum atomic E-state index is 12.0. The Morgan fingerprint density at radius 3 is 2.57 bits per heavy atom. The quantitative estimate of drug-likeness (QED) is 0.654. The summed E-state index contributed by atoms with van der Waals surface area (Å²) in [5, 5.41) is 0.367. The van der Waals surface area contributed by atoms with Crippen molar-refractivity contribution in [2.24, 2.45) is 5.92 Å². The Balaban J connectivity index is 1.53. The third kappa shape index (κ3) is 3.22. The molecule has 28 heavy (non-hydrogen) atoms. The van der Waals surface area contributed by atoms with Crippen molar-refractivity contribution < 1.29 is 19.0 Å². The number of nitrogens with zero attached hydrogens (tertiary/aromatic N) is 1. The summed E-state index contributed by atoms with van der Waals surface area (Å²) < 4.78 is 17.4. The normalized spacial score (nSPS) is 26.1. The maximum Gasteiger partial charge on any atom is 0.338 e. The van der Waals surface area contributed by atoms with Crippen molar-refractivity contribution in [3.63, 3.8) is 0 Å². The molecule has 5 nitrogen and oxygen atoms in total. The molecule has 0 bridgehead atoms. The standard InChI is InChI=1S/C22H24ClNO4/c1-13-16(21(25)26-3)12-17(23)20-19(13)27-22(2,28-20)15-9-7-14(8-10-15)18-6-4-5-11-24-18/h4-6,11-12,14-15H,7-10H2,1-3H3. The first-order chi connectivity index (χ1) is 13.4. The number of ether oxygens (including phenoxy) is 3. The highest BCUT2D eigenvalue weighted by molar-refractivity contribution is 6.32. The van der Waals surface area contributed by atoms with Crippen molar-refractivity contribution in [1.82, 2.24) is 4.98 Å². The highest BCUT2D eigenvalue weighted by atomic mass is 35.5. The second-order valence-corrected chi connectivity index (χ2v) is 8.11. The lowest BCUT2D eigenvalue weighted by molar-refractivity contribution is -0.121. The first-order valence-electron chi connectivity index (χ1n) is 9.63. The average molecular weight is 402 g/mol. The summed E-state index contributed by atoms with van der Waals surface area (Å²) in [6.07, 6.45) is 5.89. The van der Waals surface area contributed by atoms with Gasteiger partial charge in [0, 0.05) is 36.2 Å². The maximum absolute atomic E-state index is 12.0. The molecule has 0 spiro atoms. The first kappa shape index (κ1) is 19.1. The fraction of sp³-hybridized carbons (Fsp3) is 0.455. The van der Waals surface area contributed by atoms with Crippen LogP contribution in [0, 0.1) is 12.8 Å². The molecule has 2 aliphatic rings. The fourth-order valence-corrected chi connectivity index (χ4v) is 4.60. The summed E-state index contributed by atoms with van der Waals surface area (Å²) in [6, 6.07) is 7.68. The molecule has 2 heterocycles. The van der Waals surface area contributed by atoms with Crippen LogP contribution in [0.15, 0.2) is 30.5 Å². The smallest absolute Gasteiger partial charge is 0.338 e. The van der Waals surface area contributed by atoms with Crippen LogP contribution in [0.1, 0.15) is 60.1 Å². The molecule has 0 amide bonds. The van der Waals surface area contributed by atoms with Crippen molar-refractivity contribution in [1.29, 1.82) is 0 Å². The van der Waals surface area contributed by atoms with E-state index in [1.54, 1.807) is 6.07 Å². The molecule has 4 rings (SSSR count). The van der Waals surface area contributed by atoms with E-state index >= 15 is 0 Å². The van der Waals surface area contributed by atoms with Crippen molar-refractivity contribution >= 4 is 17.6 Å². The van der Waals surface area contributed by atoms with Gasteiger partial charge in [0.1, 0.15) is 0 Å². The van der Waals surface area contributed by atoms with Crippen molar-refractivity contribution in [2.75, 3.05) is 7.11 Å². The van der Waals surface area contributed by atoms with E-state index in [0.717, 1.165) is 31.4 Å². The number of hydrogen-bond donors (Lipinski definition) is 0. The van der Waals surface area contributed by atoms with Gasteiger partial charge in [0.2, 0.25) is 0 Å². The highest BCUT2D eigenvalue weighted by Crippen LogP contribution is 2.52. The number of hydrogen-bond acceptors (Lipinski definition) is 5. The highest BCUT2D eigenvalue weighted by Gasteiger charge is 2.47. The van der Waals surface area contributed by atoms with E-state index in [4.69, 9.17) is 25.8 Å². The van der Waals surface area contributed by atoms with Gasteiger partial charge in [0.25, 0.3) is 5.79 Å². The Kier molecular flexibility index (Phi) is 4.96. The molecule has 1 aromatic heterocycles. The summed E-state index contributed by atoms with van der Waals surface area (Å²) in [5.41, 5.74) is 2.25. The monoisotopic (exact) mass is 401 g/mol. The van der Waals surface area contributed by atoms with E-state index in [-0.39, 0.29) is 5.92 Å². The second kappa shape index (κ2) is 7.28. The lowest BCUT2D eigenvalue weighted by Gasteiger charge is -2.37. The molecule has 1 aliphatic carbocycles. The zero-order valence-corrected chi connectivity index (χ0v) is 17.1. The molecule has 0 radical (unpaired) electrons. The third-order valence-corrected chi connectivity index (χ3v) is 6.31. The zero-order chi connectivity index (χ0) is 19.9.